The Morgan fingerprint density at radius 2 is 2.00 bits per heavy atom. The number of Topliss-reactive ketones (excluding diaryl/α,β-unsaturated/α-hetero) is 1. The summed E-state index contributed by atoms with van der Waals surface area (Å²) in [5.74, 6) is -1.02. The summed E-state index contributed by atoms with van der Waals surface area (Å²) < 4.78 is 16.4. The molecule has 1 saturated carbocycles. The Bertz CT molecular complexity index is 1020. The Morgan fingerprint density at radius 3 is 2.70 bits per heavy atom. The van der Waals surface area contributed by atoms with E-state index in [1.54, 1.807) is 22.9 Å². The number of ketones is 1. The predicted molar refractivity (Wildman–Crippen MR) is 130 cm³/mol. The van der Waals surface area contributed by atoms with Gasteiger partial charge in [-0.1, -0.05) is 18.2 Å². The molecule has 2 atom stereocenters. The van der Waals surface area contributed by atoms with Gasteiger partial charge in [0.15, 0.2) is 5.78 Å². The van der Waals surface area contributed by atoms with Crippen molar-refractivity contribution in [2.45, 2.75) is 49.9 Å². The molecule has 0 radical (unpaired) electrons. The summed E-state index contributed by atoms with van der Waals surface area (Å²) in [6.07, 6.45) is 6.97. The number of aromatic nitrogens is 2. The van der Waals surface area contributed by atoms with Crippen LogP contribution >= 0.6 is 25.0 Å². The van der Waals surface area contributed by atoms with Crippen molar-refractivity contribution < 1.29 is 19.1 Å². The van der Waals surface area contributed by atoms with E-state index in [0.29, 0.717) is 31.6 Å². The van der Waals surface area contributed by atoms with Crippen LogP contribution < -0.4 is 0 Å². The number of aryl methyl sites for hydroxylation is 1. The molecule has 2 fully saturated rings. The van der Waals surface area contributed by atoms with E-state index in [4.69, 9.17) is 17.7 Å². The second-order valence-corrected chi connectivity index (χ2v) is 9.22. The Hall–Kier alpha value is -2.16. The third-order valence-corrected chi connectivity index (χ3v) is 6.68. The third kappa shape index (κ3) is 6.46. The normalized spacial score (nSPS) is 20.9. The number of piperidine rings is 1. The minimum atomic E-state index is -0.815. The zero-order valence-corrected chi connectivity index (χ0v) is 20.0. The predicted octanol–water partition coefficient (Wildman–Crippen LogP) is 4.42. The number of rotatable bonds is 9. The van der Waals surface area contributed by atoms with Gasteiger partial charge in [-0.3, -0.25) is 19.2 Å². The Kier molecular flexibility index (Phi) is 8.73. The number of likely N-dealkylation sites (tertiary alicyclic amines) is 1. The SMILES string of the molecule is Cl.O=C(O)CCCn1ccc(/C=C2\CN(C(C(=O)C3CC3)c3ccccc3F)CCC2S)n1. The van der Waals surface area contributed by atoms with Crippen LogP contribution in [-0.2, 0) is 16.1 Å². The topological polar surface area (TPSA) is 75.4 Å². The van der Waals surface area contributed by atoms with E-state index in [1.807, 2.05) is 18.3 Å². The van der Waals surface area contributed by atoms with Crippen LogP contribution in [0.15, 0.2) is 42.1 Å². The maximum Gasteiger partial charge on any atom is 0.303 e. The molecule has 2 aromatic rings. The van der Waals surface area contributed by atoms with E-state index < -0.39 is 12.0 Å². The number of carboxylic acid groups (broad SMARTS) is 1. The third-order valence-electron chi connectivity index (χ3n) is 6.09. The Labute approximate surface area is 204 Å². The van der Waals surface area contributed by atoms with Gasteiger partial charge in [0.2, 0.25) is 0 Å². The van der Waals surface area contributed by atoms with E-state index >= 15 is 0 Å². The van der Waals surface area contributed by atoms with Crippen molar-refractivity contribution in [3.8, 4) is 0 Å². The van der Waals surface area contributed by atoms with Crippen LogP contribution in [0.1, 0.15) is 49.4 Å². The number of thiol groups is 1. The second-order valence-electron chi connectivity index (χ2n) is 8.60. The van der Waals surface area contributed by atoms with Crippen molar-refractivity contribution in [1.29, 1.82) is 0 Å². The first-order valence-corrected chi connectivity index (χ1v) is 11.6. The van der Waals surface area contributed by atoms with Gasteiger partial charge < -0.3 is 5.11 Å². The number of halogens is 2. The zero-order valence-electron chi connectivity index (χ0n) is 18.3. The van der Waals surface area contributed by atoms with Gasteiger partial charge in [0, 0.05) is 49.0 Å². The average Bonchev–Trinajstić information content (AvgIpc) is 3.52. The fourth-order valence-electron chi connectivity index (χ4n) is 4.23. The molecule has 1 saturated heterocycles. The van der Waals surface area contributed by atoms with E-state index in [9.17, 15) is 14.0 Å². The molecule has 1 aromatic heterocycles. The molecule has 6 nitrogen and oxygen atoms in total. The summed E-state index contributed by atoms with van der Waals surface area (Å²) in [6.45, 7) is 1.74. The monoisotopic (exact) mass is 493 g/mol. The highest BCUT2D eigenvalue weighted by atomic mass is 35.5. The van der Waals surface area contributed by atoms with E-state index in [-0.39, 0.29) is 41.6 Å². The number of hydrogen-bond donors (Lipinski definition) is 2. The molecule has 2 heterocycles. The quantitative estimate of drug-likeness (QED) is 0.506. The number of benzene rings is 1. The Balaban J connectivity index is 0.00000306. The van der Waals surface area contributed by atoms with Gasteiger partial charge in [0.1, 0.15) is 5.82 Å². The lowest BCUT2D eigenvalue weighted by Gasteiger charge is -2.37. The molecule has 1 aromatic carbocycles. The molecule has 0 amide bonds. The van der Waals surface area contributed by atoms with Crippen LogP contribution in [0.3, 0.4) is 0 Å². The van der Waals surface area contributed by atoms with Crippen LogP contribution in [0, 0.1) is 11.7 Å². The summed E-state index contributed by atoms with van der Waals surface area (Å²) >= 11 is 4.74. The molecular formula is C24H29ClFN3O3S. The van der Waals surface area contributed by atoms with Crippen LogP contribution in [0.5, 0.6) is 0 Å². The lowest BCUT2D eigenvalue weighted by molar-refractivity contribution is -0.137. The molecule has 1 aliphatic heterocycles. The summed E-state index contributed by atoms with van der Waals surface area (Å²) in [5, 5.41) is 13.4. The number of nitrogens with zero attached hydrogens (tertiary/aromatic N) is 3. The first-order valence-electron chi connectivity index (χ1n) is 11.1. The van der Waals surface area contributed by atoms with Crippen LogP contribution in [0.25, 0.3) is 6.08 Å². The maximum absolute atomic E-state index is 14.7. The van der Waals surface area contributed by atoms with Crippen LogP contribution in [-0.4, -0.2) is 49.9 Å². The van der Waals surface area contributed by atoms with E-state index in [2.05, 4.69) is 10.00 Å². The minimum absolute atomic E-state index is 0. The van der Waals surface area contributed by atoms with Gasteiger partial charge in [0.05, 0.1) is 11.7 Å². The van der Waals surface area contributed by atoms with Crippen molar-refractivity contribution >= 4 is 42.9 Å². The van der Waals surface area contributed by atoms with Crippen LogP contribution in [0.4, 0.5) is 4.39 Å². The van der Waals surface area contributed by atoms with Gasteiger partial charge in [-0.25, -0.2) is 4.39 Å². The standard InChI is InChI=1S/C24H28FN3O3S.ClH/c25-20-5-2-1-4-19(20)23(24(31)16-7-8-16)27-12-10-21(32)17(15-27)14-18-9-13-28(26-18)11-3-6-22(29)30;/h1-2,4-5,9,13-14,16,21,23,32H,3,6-8,10-12,15H2,(H,29,30);1H/b17-14+;. The number of carbonyl (C=O) groups excluding carboxylic acids is 1. The zero-order chi connectivity index (χ0) is 22.7. The number of hydrogen-bond acceptors (Lipinski definition) is 5. The smallest absolute Gasteiger partial charge is 0.303 e. The molecule has 178 valence electrons. The molecule has 2 unspecified atom stereocenters. The number of carbonyl (C=O) groups is 2. The molecule has 0 bridgehead atoms. The highest BCUT2D eigenvalue weighted by Gasteiger charge is 2.40. The maximum atomic E-state index is 14.7. The summed E-state index contributed by atoms with van der Waals surface area (Å²) in [7, 11) is 0. The fraction of sp³-hybridized carbons (Fsp3) is 0.458. The molecule has 0 spiro atoms. The van der Waals surface area contributed by atoms with Gasteiger partial charge >= 0.3 is 5.97 Å². The highest BCUT2D eigenvalue weighted by Crippen LogP contribution is 2.39. The lowest BCUT2D eigenvalue weighted by Crippen LogP contribution is -2.42. The van der Waals surface area contributed by atoms with Gasteiger partial charge in [-0.15, -0.1) is 12.4 Å². The summed E-state index contributed by atoms with van der Waals surface area (Å²) in [5.41, 5.74) is 2.26. The second kappa shape index (κ2) is 11.3. The van der Waals surface area contributed by atoms with Gasteiger partial charge in [-0.2, -0.15) is 17.7 Å². The molecule has 2 aliphatic rings. The summed E-state index contributed by atoms with van der Waals surface area (Å²) in [6, 6.07) is 7.87. The Morgan fingerprint density at radius 1 is 1.24 bits per heavy atom. The van der Waals surface area contributed by atoms with Gasteiger partial charge in [-0.05, 0) is 49.5 Å². The van der Waals surface area contributed by atoms with Gasteiger partial charge in [0.25, 0.3) is 0 Å². The lowest BCUT2D eigenvalue weighted by atomic mass is 9.93. The van der Waals surface area contributed by atoms with Crippen molar-refractivity contribution in [1.82, 2.24) is 14.7 Å². The molecule has 9 heteroatoms. The van der Waals surface area contributed by atoms with Crippen molar-refractivity contribution in [3.63, 3.8) is 0 Å². The van der Waals surface area contributed by atoms with Crippen molar-refractivity contribution in [2.24, 2.45) is 5.92 Å². The fourth-order valence-corrected chi connectivity index (χ4v) is 4.51. The largest absolute Gasteiger partial charge is 0.481 e. The van der Waals surface area contributed by atoms with E-state index in [0.717, 1.165) is 30.5 Å². The summed E-state index contributed by atoms with van der Waals surface area (Å²) in [4.78, 5) is 25.9. The van der Waals surface area contributed by atoms with Crippen LogP contribution in [0.2, 0.25) is 0 Å². The molecular weight excluding hydrogens is 465 g/mol. The molecule has 4 rings (SSSR count). The molecule has 33 heavy (non-hydrogen) atoms. The molecule has 1 N–H and O–H groups in total. The first-order chi connectivity index (χ1) is 15.4. The minimum Gasteiger partial charge on any atom is -0.481 e. The number of aliphatic carboxylic acids is 1. The van der Waals surface area contributed by atoms with Crippen molar-refractivity contribution in [2.75, 3.05) is 13.1 Å². The van der Waals surface area contributed by atoms with E-state index in [1.165, 1.54) is 6.07 Å². The van der Waals surface area contributed by atoms with Crippen molar-refractivity contribution in [3.05, 3.63) is 59.2 Å². The molecule has 1 aliphatic carbocycles. The highest BCUT2D eigenvalue weighted by molar-refractivity contribution is 7.81. The average molecular weight is 494 g/mol. The number of carboxylic acids is 1. The first kappa shape index (κ1) is 25.5.